The molecular weight excluding hydrogens is 2390 g/mol. The van der Waals surface area contributed by atoms with Crippen molar-refractivity contribution in [3.8, 4) is 0 Å². The zero-order valence-electron chi connectivity index (χ0n) is 67.6. The van der Waals surface area contributed by atoms with Crippen molar-refractivity contribution < 1.29 is 101 Å². The number of fused-ring (bicyclic) bond motifs is 5. The summed E-state index contributed by atoms with van der Waals surface area (Å²) in [5.74, 6) is 6.71. The van der Waals surface area contributed by atoms with Gasteiger partial charge >= 0.3 is 0 Å². The topological polar surface area (TPSA) is 110 Å². The average molecular weight is 2470 g/mol. The maximum Gasteiger partial charge on any atom is 0.145 e. The normalized spacial score (nSPS) is 12.9. The molecule has 5 aliphatic heterocycles. The molecule has 10 aromatic carbocycles. The first-order chi connectivity index (χ1) is 56.9. The predicted molar refractivity (Wildman–Crippen MR) is 472 cm³/mol. The molecule has 5 aromatic heterocycles. The second kappa shape index (κ2) is 42.6. The maximum absolute atomic E-state index is 4.63. The number of rotatable bonds is 13. The first-order valence-electron chi connectivity index (χ1n) is 39.0. The van der Waals surface area contributed by atoms with Crippen LogP contribution in [0.3, 0.4) is 0 Å². The van der Waals surface area contributed by atoms with E-state index in [1.165, 1.54) is 39.2 Å². The van der Waals surface area contributed by atoms with Crippen LogP contribution in [0.25, 0.3) is 0 Å². The smallest absolute Gasteiger partial charge is 0.145 e. The van der Waals surface area contributed by atoms with Crippen molar-refractivity contribution in [2.24, 2.45) is 0 Å². The Labute approximate surface area is 779 Å². The van der Waals surface area contributed by atoms with Crippen LogP contribution in [0, 0.1) is 77.5 Å². The van der Waals surface area contributed by atoms with Crippen LogP contribution in [-0.4, -0.2) is 29.9 Å². The first kappa shape index (κ1) is 90.9. The number of aromatic nitrogens is 6. The van der Waals surface area contributed by atoms with E-state index in [0.717, 1.165) is 103 Å². The van der Waals surface area contributed by atoms with Gasteiger partial charge in [-0.1, -0.05) is 133 Å². The zero-order valence-corrected chi connectivity index (χ0v) is 79.6. The number of para-hydroxylation sites is 10. The molecule has 15 aromatic rings. The zero-order chi connectivity index (χ0) is 79.4. The standard InChI is InChI=1S/2C21H19N3.C20H18N4.2C19H15N3.5Ir/c1-16(2)18-11-6-7-12-19(18)24-15-23(17-9-4-3-5-10-17)21-20(24)13-8-14-22-21;1-16(2)18-11-6-7-12-19(18)24-15-23(17-9-4-3-5-10-17)20-13-8-14-22-21(20)24;1-15(2)17-10-6-7-11-18(17)24-14-23(16-8-4-3-5-9-16)19-20(24)22-13-12-21-19;1-15-8-5-6-11-17(15)22-14-21(16-9-3-2-4-10-16)19-18(22)12-7-13-20-19;1-15-8-5-6-11-17(15)22-14-21(16-9-3-2-4-10-16)18-12-7-13-20-19(18)22;;;;;/h2*3-9,11-16H,1-2H3;3-8,10-15H,1-2H3;2*2-9,11-14H,1H3;;;;;/q5*-2;;;;;. The van der Waals surface area contributed by atoms with Crippen molar-refractivity contribution in [3.63, 3.8) is 0 Å². The summed E-state index contributed by atoms with van der Waals surface area (Å²) in [5.41, 5.74) is 21.4. The Kier molecular flexibility index (Phi) is 32.0. The van der Waals surface area contributed by atoms with Crippen LogP contribution in [0.2, 0.25) is 0 Å². The Bertz CT molecular complexity index is 5320. The van der Waals surface area contributed by atoms with Gasteiger partial charge in [-0.3, -0.25) is 0 Å². The van der Waals surface area contributed by atoms with Crippen molar-refractivity contribution >= 4 is 115 Å². The summed E-state index contributed by atoms with van der Waals surface area (Å²) in [4.78, 5) is 48.7. The van der Waals surface area contributed by atoms with E-state index in [9.17, 15) is 0 Å². The second-order valence-electron chi connectivity index (χ2n) is 28.8. The van der Waals surface area contributed by atoms with E-state index in [-0.39, 0.29) is 101 Å². The molecule has 0 atom stereocenters. The molecule has 5 radical (unpaired) electrons. The van der Waals surface area contributed by atoms with E-state index in [1.54, 1.807) is 12.4 Å². The minimum Gasteiger partial charge on any atom is -0.492 e. The van der Waals surface area contributed by atoms with Crippen molar-refractivity contribution in [1.82, 2.24) is 29.9 Å². The molecule has 0 bridgehead atoms. The number of pyridine rings is 4. The minimum atomic E-state index is 0. The van der Waals surface area contributed by atoms with E-state index in [1.807, 2.05) is 170 Å². The van der Waals surface area contributed by atoms with Crippen LogP contribution in [0.4, 0.5) is 115 Å². The molecule has 0 saturated heterocycles. The van der Waals surface area contributed by atoms with Crippen molar-refractivity contribution in [3.05, 3.63) is 420 Å². The minimum absolute atomic E-state index is 0. The molecule has 0 saturated carbocycles. The summed E-state index contributed by atoms with van der Waals surface area (Å²) >= 11 is 0. The third-order valence-electron chi connectivity index (χ3n) is 20.3. The molecular formula is C100H86Ir5N16-10. The van der Waals surface area contributed by atoms with Crippen molar-refractivity contribution in [1.29, 1.82) is 0 Å². The Morgan fingerprint density at radius 3 is 0.752 bits per heavy atom. The van der Waals surface area contributed by atoms with E-state index >= 15 is 0 Å². The number of benzene rings is 10. The SMILES string of the molecule is CC(C)c1ccccc1N1[CH-]N(c2[c-]cccc2)c2cccnc21.CC(C)c1ccccc1N1[CH-]N(c2[c-]cccc2)c2ncccc21.CC(C)c1ccccc1N1[CH-]N(c2[c-]cccc2)c2nccnc21.Cc1ccccc1N1[CH-]N(c2[c-]cccc2)c2cccnc21.Cc1ccccc1N1[CH-]N(c2[c-]cccc2)c2ncccc21.[Ir].[Ir].[Ir].[Ir].[Ir]. The van der Waals surface area contributed by atoms with Crippen LogP contribution in [0.1, 0.15) is 87.1 Å². The molecule has 0 amide bonds. The number of aryl methyl sites for hydroxylation is 2. The summed E-state index contributed by atoms with van der Waals surface area (Å²) < 4.78 is 0. The molecule has 0 aliphatic carbocycles. The maximum atomic E-state index is 4.63. The molecule has 20 rings (SSSR count). The van der Waals surface area contributed by atoms with E-state index in [2.05, 4.69) is 344 Å². The molecule has 16 nitrogen and oxygen atoms in total. The van der Waals surface area contributed by atoms with Crippen LogP contribution in [0.15, 0.2) is 328 Å². The van der Waals surface area contributed by atoms with Gasteiger partial charge in [0, 0.05) is 166 Å². The summed E-state index contributed by atoms with van der Waals surface area (Å²) in [6, 6.07) is 115. The molecule has 0 spiro atoms. The number of nitrogens with zero attached hydrogens (tertiary/aromatic N) is 16. The van der Waals surface area contributed by atoms with Gasteiger partial charge in [-0.25, -0.2) is 29.9 Å². The van der Waals surface area contributed by atoms with Gasteiger partial charge in [0.25, 0.3) is 0 Å². The Hall–Kier alpha value is -10.9. The van der Waals surface area contributed by atoms with Crippen molar-refractivity contribution in [2.75, 3.05) is 49.0 Å². The summed E-state index contributed by atoms with van der Waals surface area (Å²) in [6.45, 7) is 27.9. The molecule has 621 valence electrons. The fraction of sp³-hybridized carbons (Fsp3) is 0.110. The van der Waals surface area contributed by atoms with Crippen LogP contribution >= 0.6 is 0 Å². The summed E-state index contributed by atoms with van der Waals surface area (Å²) in [7, 11) is 0. The summed E-state index contributed by atoms with van der Waals surface area (Å²) in [6.07, 6.45) is 10.8. The van der Waals surface area contributed by atoms with Crippen LogP contribution in [0.5, 0.6) is 0 Å². The fourth-order valence-corrected chi connectivity index (χ4v) is 14.6. The monoisotopic (exact) mass is 2480 g/mol. The Morgan fingerprint density at radius 2 is 0.421 bits per heavy atom. The molecule has 0 N–H and O–H groups in total. The second-order valence-corrected chi connectivity index (χ2v) is 28.8. The first-order valence-corrected chi connectivity index (χ1v) is 39.0. The largest absolute Gasteiger partial charge is 0.492 e. The van der Waals surface area contributed by atoms with Gasteiger partial charge in [0.2, 0.25) is 0 Å². The van der Waals surface area contributed by atoms with Crippen LogP contribution in [-0.2, 0) is 101 Å². The predicted octanol–water partition coefficient (Wildman–Crippen LogP) is 24.8. The van der Waals surface area contributed by atoms with E-state index < -0.39 is 0 Å². The van der Waals surface area contributed by atoms with Gasteiger partial charge in [-0.05, 0) is 138 Å². The van der Waals surface area contributed by atoms with Gasteiger partial charge in [0.05, 0.1) is 22.7 Å². The molecule has 5 aliphatic rings. The van der Waals surface area contributed by atoms with E-state index in [4.69, 9.17) is 0 Å². The molecule has 0 fully saturated rings. The Morgan fingerprint density at radius 1 is 0.207 bits per heavy atom. The molecule has 0 unspecified atom stereocenters. The van der Waals surface area contributed by atoms with Gasteiger partial charge in [0.15, 0.2) is 0 Å². The van der Waals surface area contributed by atoms with Gasteiger partial charge in [0.1, 0.15) is 34.9 Å². The quantitative estimate of drug-likeness (QED) is 0.102. The van der Waals surface area contributed by atoms with E-state index in [0.29, 0.717) is 17.8 Å². The Balaban J connectivity index is 0.000000146. The van der Waals surface area contributed by atoms with Crippen molar-refractivity contribution in [2.45, 2.75) is 73.1 Å². The number of hydrogen-bond acceptors (Lipinski definition) is 16. The fourth-order valence-electron chi connectivity index (χ4n) is 14.6. The van der Waals surface area contributed by atoms with Gasteiger partial charge in [-0.2, -0.15) is 152 Å². The number of hydrogen-bond donors (Lipinski definition) is 0. The van der Waals surface area contributed by atoms with Crippen LogP contribution < -0.4 is 49.0 Å². The third kappa shape index (κ3) is 19.9. The summed E-state index contributed by atoms with van der Waals surface area (Å²) in [5, 5.41) is 0. The molecule has 21 heteroatoms. The van der Waals surface area contributed by atoms with Gasteiger partial charge < -0.3 is 49.0 Å². The van der Waals surface area contributed by atoms with Gasteiger partial charge in [-0.15, -0.1) is 61.8 Å². The average Bonchev–Trinajstić information content (AvgIpc) is 1.65. The third-order valence-corrected chi connectivity index (χ3v) is 20.3. The number of anilines is 20. The molecule has 121 heavy (non-hydrogen) atoms. The molecule has 10 heterocycles.